The predicted molar refractivity (Wildman–Crippen MR) is 77.5 cm³/mol. The van der Waals surface area contributed by atoms with Crippen molar-refractivity contribution in [3.63, 3.8) is 0 Å². The number of aryl methyl sites for hydroxylation is 1. The lowest BCUT2D eigenvalue weighted by atomic mass is 10.1. The first-order valence-corrected chi connectivity index (χ1v) is 7.62. The number of unbranched alkanes of at least 4 members (excludes halogenated alkanes) is 4. The number of pyridine rings is 1. The Labute approximate surface area is 121 Å². The molecule has 0 radical (unpaired) electrons. The van der Waals surface area contributed by atoms with Crippen LogP contribution in [-0.2, 0) is 18.0 Å². The highest BCUT2D eigenvalue weighted by atomic mass is 16.7. The lowest BCUT2D eigenvalue weighted by Crippen LogP contribution is -2.27. The zero-order valence-electron chi connectivity index (χ0n) is 12.5. The van der Waals surface area contributed by atoms with E-state index in [1.807, 2.05) is 6.92 Å². The molecule has 2 rings (SSSR count). The summed E-state index contributed by atoms with van der Waals surface area (Å²) in [5, 5.41) is 9.32. The molecule has 1 aromatic rings. The van der Waals surface area contributed by atoms with Gasteiger partial charge < -0.3 is 14.6 Å². The standard InChI is InChI=1S/C16H25NO3/c1-3-4-5-6-7-8-15-19-11-14-13(10-18)9-17-12(2)16(14)20-15/h9,15,18H,3-8,10-11H2,1-2H3. The van der Waals surface area contributed by atoms with Gasteiger partial charge in [0.15, 0.2) is 6.29 Å². The molecular formula is C16H25NO3. The number of aliphatic hydroxyl groups excluding tert-OH is 1. The monoisotopic (exact) mass is 279 g/mol. The molecule has 1 aliphatic rings. The number of hydrogen-bond acceptors (Lipinski definition) is 4. The summed E-state index contributed by atoms with van der Waals surface area (Å²) in [5.74, 6) is 0.807. The molecule has 0 spiro atoms. The van der Waals surface area contributed by atoms with E-state index in [4.69, 9.17) is 9.47 Å². The van der Waals surface area contributed by atoms with Crippen LogP contribution in [0.2, 0.25) is 0 Å². The Morgan fingerprint density at radius 1 is 1.30 bits per heavy atom. The molecule has 0 aromatic carbocycles. The average Bonchev–Trinajstić information content (AvgIpc) is 2.48. The highest BCUT2D eigenvalue weighted by Gasteiger charge is 2.24. The molecule has 0 amide bonds. The average molecular weight is 279 g/mol. The smallest absolute Gasteiger partial charge is 0.200 e. The molecule has 1 aromatic heterocycles. The fourth-order valence-electron chi connectivity index (χ4n) is 2.52. The zero-order chi connectivity index (χ0) is 14.4. The van der Waals surface area contributed by atoms with Gasteiger partial charge in [0.25, 0.3) is 0 Å². The summed E-state index contributed by atoms with van der Waals surface area (Å²) >= 11 is 0. The van der Waals surface area contributed by atoms with Crippen molar-refractivity contribution in [1.82, 2.24) is 4.98 Å². The van der Waals surface area contributed by atoms with Gasteiger partial charge in [-0.05, 0) is 13.3 Å². The van der Waals surface area contributed by atoms with Gasteiger partial charge in [0.1, 0.15) is 5.75 Å². The number of rotatable bonds is 7. The molecule has 4 heteroatoms. The van der Waals surface area contributed by atoms with Crippen molar-refractivity contribution < 1.29 is 14.6 Å². The van der Waals surface area contributed by atoms with Crippen molar-refractivity contribution in [3.05, 3.63) is 23.0 Å². The predicted octanol–water partition coefficient (Wildman–Crippen LogP) is 3.48. The first-order chi connectivity index (χ1) is 9.76. The topological polar surface area (TPSA) is 51.6 Å². The number of aliphatic hydroxyl groups is 1. The molecule has 1 aliphatic heterocycles. The summed E-state index contributed by atoms with van der Waals surface area (Å²) in [7, 11) is 0. The van der Waals surface area contributed by atoms with Gasteiger partial charge >= 0.3 is 0 Å². The van der Waals surface area contributed by atoms with E-state index < -0.39 is 0 Å². The molecule has 1 N–H and O–H groups in total. The Balaban J connectivity index is 1.90. The largest absolute Gasteiger partial charge is 0.463 e. The van der Waals surface area contributed by atoms with Crippen molar-refractivity contribution in [2.24, 2.45) is 0 Å². The Kier molecular flexibility index (Phi) is 5.80. The van der Waals surface area contributed by atoms with Crippen molar-refractivity contribution in [3.8, 4) is 5.75 Å². The second-order valence-corrected chi connectivity index (χ2v) is 5.40. The highest BCUT2D eigenvalue weighted by Crippen LogP contribution is 2.32. The van der Waals surface area contributed by atoms with Crippen LogP contribution in [0.1, 0.15) is 62.3 Å². The second-order valence-electron chi connectivity index (χ2n) is 5.40. The second kappa shape index (κ2) is 7.60. The molecule has 0 saturated carbocycles. The molecule has 0 aliphatic carbocycles. The van der Waals surface area contributed by atoms with Crippen LogP contribution in [-0.4, -0.2) is 16.4 Å². The summed E-state index contributed by atoms with van der Waals surface area (Å²) in [4.78, 5) is 4.28. The molecule has 1 atom stereocenters. The molecule has 0 fully saturated rings. The minimum atomic E-state index is -0.168. The van der Waals surface area contributed by atoms with E-state index in [-0.39, 0.29) is 12.9 Å². The van der Waals surface area contributed by atoms with E-state index in [9.17, 15) is 5.11 Å². The van der Waals surface area contributed by atoms with Crippen molar-refractivity contribution in [1.29, 1.82) is 0 Å². The maximum Gasteiger partial charge on any atom is 0.200 e. The Morgan fingerprint density at radius 2 is 2.10 bits per heavy atom. The van der Waals surface area contributed by atoms with Crippen LogP contribution in [0.4, 0.5) is 0 Å². The third kappa shape index (κ3) is 3.70. The maximum atomic E-state index is 9.32. The van der Waals surface area contributed by atoms with Crippen LogP contribution in [0.15, 0.2) is 6.20 Å². The van der Waals surface area contributed by atoms with E-state index in [1.54, 1.807) is 6.20 Å². The molecule has 20 heavy (non-hydrogen) atoms. The highest BCUT2D eigenvalue weighted by molar-refractivity contribution is 5.42. The lowest BCUT2D eigenvalue weighted by molar-refractivity contribution is -0.113. The number of nitrogens with zero attached hydrogens (tertiary/aromatic N) is 1. The van der Waals surface area contributed by atoms with Gasteiger partial charge in [0.2, 0.25) is 0 Å². The maximum absolute atomic E-state index is 9.32. The first kappa shape index (κ1) is 15.3. The van der Waals surface area contributed by atoms with E-state index in [0.29, 0.717) is 6.61 Å². The third-order valence-corrected chi connectivity index (χ3v) is 3.78. The van der Waals surface area contributed by atoms with Crippen molar-refractivity contribution in [2.75, 3.05) is 0 Å². The Morgan fingerprint density at radius 3 is 2.85 bits per heavy atom. The summed E-state index contributed by atoms with van der Waals surface area (Å²) in [6.07, 6.45) is 8.67. The SMILES string of the molecule is CCCCCCCC1OCc2c(CO)cnc(C)c2O1. The molecular weight excluding hydrogens is 254 g/mol. The van der Waals surface area contributed by atoms with Crippen LogP contribution in [0.3, 0.4) is 0 Å². The molecule has 0 bridgehead atoms. The number of hydrogen-bond donors (Lipinski definition) is 1. The molecule has 1 unspecified atom stereocenters. The van der Waals surface area contributed by atoms with Gasteiger partial charge in [-0.3, -0.25) is 4.98 Å². The van der Waals surface area contributed by atoms with Crippen LogP contribution in [0, 0.1) is 6.92 Å². The van der Waals surface area contributed by atoms with Crippen LogP contribution in [0.5, 0.6) is 5.75 Å². The van der Waals surface area contributed by atoms with Gasteiger partial charge in [0, 0.05) is 23.7 Å². The van der Waals surface area contributed by atoms with E-state index >= 15 is 0 Å². The summed E-state index contributed by atoms with van der Waals surface area (Å²) in [5.41, 5.74) is 2.62. The van der Waals surface area contributed by atoms with Gasteiger partial charge in [-0.1, -0.05) is 32.6 Å². The summed E-state index contributed by atoms with van der Waals surface area (Å²) in [6.45, 7) is 4.64. The van der Waals surface area contributed by atoms with Crippen LogP contribution >= 0.6 is 0 Å². The normalized spacial score (nSPS) is 17.6. The Bertz CT molecular complexity index is 434. The van der Waals surface area contributed by atoms with E-state index in [2.05, 4.69) is 11.9 Å². The lowest BCUT2D eigenvalue weighted by Gasteiger charge is -2.28. The summed E-state index contributed by atoms with van der Waals surface area (Å²) < 4.78 is 11.7. The van der Waals surface area contributed by atoms with Gasteiger partial charge in [-0.15, -0.1) is 0 Å². The van der Waals surface area contributed by atoms with E-state index in [1.165, 1.54) is 25.7 Å². The zero-order valence-corrected chi connectivity index (χ0v) is 12.5. The first-order valence-electron chi connectivity index (χ1n) is 7.62. The number of aromatic nitrogens is 1. The third-order valence-electron chi connectivity index (χ3n) is 3.78. The quantitative estimate of drug-likeness (QED) is 0.776. The fourth-order valence-corrected chi connectivity index (χ4v) is 2.52. The fraction of sp³-hybridized carbons (Fsp3) is 0.688. The summed E-state index contributed by atoms with van der Waals surface area (Å²) in [6, 6.07) is 0. The number of ether oxygens (including phenoxy) is 2. The molecule has 2 heterocycles. The number of fused-ring (bicyclic) bond motifs is 1. The minimum absolute atomic E-state index is 0.0238. The van der Waals surface area contributed by atoms with Gasteiger partial charge in [-0.25, -0.2) is 0 Å². The van der Waals surface area contributed by atoms with Crippen molar-refractivity contribution >= 4 is 0 Å². The molecule has 0 saturated heterocycles. The molecule has 4 nitrogen and oxygen atoms in total. The van der Waals surface area contributed by atoms with Gasteiger partial charge in [0.05, 0.1) is 18.9 Å². The van der Waals surface area contributed by atoms with Gasteiger partial charge in [-0.2, -0.15) is 0 Å². The minimum Gasteiger partial charge on any atom is -0.463 e. The van der Waals surface area contributed by atoms with Crippen LogP contribution in [0.25, 0.3) is 0 Å². The van der Waals surface area contributed by atoms with Crippen LogP contribution < -0.4 is 4.74 Å². The Hall–Kier alpha value is -1.13. The molecule has 112 valence electrons. The van der Waals surface area contributed by atoms with E-state index in [0.717, 1.165) is 35.4 Å². The van der Waals surface area contributed by atoms with Crippen molar-refractivity contribution in [2.45, 2.75) is 71.9 Å².